The molecule has 0 aliphatic rings. The average molecular weight is 250 g/mol. The summed E-state index contributed by atoms with van der Waals surface area (Å²) in [5.74, 6) is -0.00170. The van der Waals surface area contributed by atoms with Crippen LogP contribution in [0.4, 0.5) is 0 Å². The molecule has 0 amide bonds. The van der Waals surface area contributed by atoms with Crippen molar-refractivity contribution in [1.29, 1.82) is 0 Å². The number of benzene rings is 1. The van der Waals surface area contributed by atoms with Gasteiger partial charge in [-0.3, -0.25) is 0 Å². The summed E-state index contributed by atoms with van der Waals surface area (Å²) in [4.78, 5) is 11.6. The Labute approximate surface area is 100 Å². The zero-order valence-electron chi connectivity index (χ0n) is 8.86. The molecular formula is C11H8ClN3O2. The Bertz CT molecular complexity index is 804. The number of aryl methyl sites for hydroxylation is 1. The molecule has 0 aliphatic heterocycles. The molecule has 5 nitrogen and oxygen atoms in total. The fourth-order valence-electron chi connectivity index (χ4n) is 1.96. The maximum absolute atomic E-state index is 11.6. The predicted octanol–water partition coefficient (Wildman–Crippen LogP) is 1.84. The summed E-state index contributed by atoms with van der Waals surface area (Å²) in [6.45, 7) is 1.88. The lowest BCUT2D eigenvalue weighted by Gasteiger charge is -2.06. The number of aromatic nitrogens is 3. The maximum atomic E-state index is 11.6. The Morgan fingerprint density at radius 1 is 1.41 bits per heavy atom. The normalized spacial score (nSPS) is 11.4. The number of nitrogens with zero attached hydrogens (tertiary/aromatic N) is 2. The summed E-state index contributed by atoms with van der Waals surface area (Å²) in [5.41, 5.74) is 1.74. The molecule has 0 radical (unpaired) electrons. The second kappa shape index (κ2) is 3.24. The van der Waals surface area contributed by atoms with Crippen LogP contribution in [0.3, 0.4) is 0 Å². The first-order valence-electron chi connectivity index (χ1n) is 4.97. The number of aromatic hydroxyl groups is 1. The molecule has 0 saturated heterocycles. The standard InChI is InChI=1S/C11H8ClN3O2/c1-5-2-10-13-14-11(17)15(10)8-4-7(12)9(16)3-6(5)8/h2-4,16H,1H3,(H,14,17). The minimum atomic E-state index is -0.327. The summed E-state index contributed by atoms with van der Waals surface area (Å²) in [5, 5.41) is 16.8. The van der Waals surface area contributed by atoms with Gasteiger partial charge in [0.1, 0.15) is 5.75 Å². The van der Waals surface area contributed by atoms with E-state index in [0.717, 1.165) is 10.9 Å². The summed E-state index contributed by atoms with van der Waals surface area (Å²) < 4.78 is 1.42. The largest absolute Gasteiger partial charge is 0.506 e. The van der Waals surface area contributed by atoms with E-state index in [1.807, 2.05) is 6.92 Å². The first-order chi connectivity index (χ1) is 8.08. The molecular weight excluding hydrogens is 242 g/mol. The fraction of sp³-hybridized carbons (Fsp3) is 0.0909. The highest BCUT2D eigenvalue weighted by Crippen LogP contribution is 2.30. The van der Waals surface area contributed by atoms with Crippen LogP contribution >= 0.6 is 11.6 Å². The van der Waals surface area contributed by atoms with E-state index in [-0.39, 0.29) is 16.5 Å². The van der Waals surface area contributed by atoms with Crippen LogP contribution in [-0.4, -0.2) is 19.7 Å². The minimum Gasteiger partial charge on any atom is -0.506 e. The molecule has 3 aromatic rings. The van der Waals surface area contributed by atoms with Gasteiger partial charge < -0.3 is 5.11 Å². The molecule has 0 unspecified atom stereocenters. The van der Waals surface area contributed by atoms with Gasteiger partial charge in [-0.2, -0.15) is 5.10 Å². The summed E-state index contributed by atoms with van der Waals surface area (Å²) in [7, 11) is 0. The number of nitrogens with one attached hydrogen (secondary N) is 1. The van der Waals surface area contributed by atoms with Gasteiger partial charge in [0.25, 0.3) is 0 Å². The first kappa shape index (κ1) is 10.2. The fourth-order valence-corrected chi connectivity index (χ4v) is 2.12. The molecule has 0 spiro atoms. The predicted molar refractivity (Wildman–Crippen MR) is 64.7 cm³/mol. The molecule has 2 N–H and O–H groups in total. The SMILES string of the molecule is Cc1cc2n[nH]c(=O)n2c2cc(Cl)c(O)cc12. The number of hydrogen-bond acceptors (Lipinski definition) is 3. The third-order valence-corrected chi connectivity index (χ3v) is 3.08. The van der Waals surface area contributed by atoms with Crippen LogP contribution in [0.1, 0.15) is 5.56 Å². The number of pyridine rings is 1. The molecule has 1 aromatic carbocycles. The van der Waals surface area contributed by atoms with Gasteiger partial charge in [0, 0.05) is 5.39 Å². The second-order valence-corrected chi connectivity index (χ2v) is 4.28. The van der Waals surface area contributed by atoms with Crippen molar-refractivity contribution in [1.82, 2.24) is 14.6 Å². The monoisotopic (exact) mass is 249 g/mol. The van der Waals surface area contributed by atoms with Gasteiger partial charge in [0.05, 0.1) is 10.5 Å². The molecule has 2 heterocycles. The Kier molecular flexibility index (Phi) is 1.94. The third-order valence-electron chi connectivity index (χ3n) is 2.77. The number of fused-ring (bicyclic) bond motifs is 3. The highest BCUT2D eigenvalue weighted by Gasteiger charge is 2.10. The Hall–Kier alpha value is -2.01. The van der Waals surface area contributed by atoms with E-state index >= 15 is 0 Å². The molecule has 2 aromatic heterocycles. The lowest BCUT2D eigenvalue weighted by Crippen LogP contribution is -2.10. The van der Waals surface area contributed by atoms with E-state index in [2.05, 4.69) is 10.2 Å². The molecule has 6 heteroatoms. The van der Waals surface area contributed by atoms with Crippen molar-refractivity contribution < 1.29 is 5.11 Å². The van der Waals surface area contributed by atoms with Gasteiger partial charge in [-0.15, -0.1) is 0 Å². The van der Waals surface area contributed by atoms with Crippen LogP contribution in [0, 0.1) is 6.92 Å². The van der Waals surface area contributed by atoms with Crippen molar-refractivity contribution in [2.24, 2.45) is 0 Å². The summed E-state index contributed by atoms with van der Waals surface area (Å²) in [6.07, 6.45) is 0. The molecule has 0 bridgehead atoms. The van der Waals surface area contributed by atoms with Crippen LogP contribution in [-0.2, 0) is 0 Å². The highest BCUT2D eigenvalue weighted by molar-refractivity contribution is 6.32. The van der Waals surface area contributed by atoms with Crippen LogP contribution in [0.15, 0.2) is 23.0 Å². The Morgan fingerprint density at radius 3 is 2.94 bits per heavy atom. The zero-order chi connectivity index (χ0) is 12.2. The van der Waals surface area contributed by atoms with Gasteiger partial charge in [-0.05, 0) is 30.7 Å². The number of aromatic amines is 1. The van der Waals surface area contributed by atoms with Gasteiger partial charge in [0.15, 0.2) is 5.65 Å². The van der Waals surface area contributed by atoms with E-state index in [9.17, 15) is 9.90 Å². The second-order valence-electron chi connectivity index (χ2n) is 3.87. The number of H-pyrrole nitrogens is 1. The topological polar surface area (TPSA) is 70.4 Å². The number of phenolic OH excluding ortho intramolecular Hbond substituents is 1. The van der Waals surface area contributed by atoms with Gasteiger partial charge in [0.2, 0.25) is 0 Å². The molecule has 0 aliphatic carbocycles. The van der Waals surface area contributed by atoms with Gasteiger partial charge >= 0.3 is 5.69 Å². The smallest absolute Gasteiger partial charge is 0.348 e. The van der Waals surface area contributed by atoms with Crippen molar-refractivity contribution in [2.75, 3.05) is 0 Å². The van der Waals surface area contributed by atoms with Gasteiger partial charge in [-0.1, -0.05) is 11.6 Å². The van der Waals surface area contributed by atoms with Gasteiger partial charge in [-0.25, -0.2) is 14.3 Å². The molecule has 17 heavy (non-hydrogen) atoms. The first-order valence-corrected chi connectivity index (χ1v) is 5.34. The number of rotatable bonds is 0. The quantitative estimate of drug-likeness (QED) is 0.639. The summed E-state index contributed by atoms with van der Waals surface area (Å²) >= 11 is 5.86. The zero-order valence-corrected chi connectivity index (χ0v) is 9.62. The van der Waals surface area contributed by atoms with E-state index in [1.165, 1.54) is 4.40 Å². The van der Waals surface area contributed by atoms with Crippen molar-refractivity contribution in [3.63, 3.8) is 0 Å². The lowest BCUT2D eigenvalue weighted by molar-refractivity contribution is 0.476. The van der Waals surface area contributed by atoms with Crippen molar-refractivity contribution in [3.05, 3.63) is 39.3 Å². The molecule has 0 atom stereocenters. The summed E-state index contributed by atoms with van der Waals surface area (Å²) in [6, 6.07) is 4.88. The Morgan fingerprint density at radius 2 is 2.18 bits per heavy atom. The number of halogens is 1. The van der Waals surface area contributed by atoms with E-state index in [1.54, 1.807) is 18.2 Å². The highest BCUT2D eigenvalue weighted by atomic mass is 35.5. The maximum Gasteiger partial charge on any atom is 0.348 e. The van der Waals surface area contributed by atoms with E-state index in [4.69, 9.17) is 11.6 Å². The van der Waals surface area contributed by atoms with Crippen LogP contribution in [0.5, 0.6) is 5.75 Å². The van der Waals surface area contributed by atoms with Crippen LogP contribution < -0.4 is 5.69 Å². The van der Waals surface area contributed by atoms with Crippen LogP contribution in [0.2, 0.25) is 5.02 Å². The molecule has 86 valence electrons. The van der Waals surface area contributed by atoms with Crippen molar-refractivity contribution in [3.8, 4) is 5.75 Å². The van der Waals surface area contributed by atoms with E-state index in [0.29, 0.717) is 11.2 Å². The Balaban J connectivity index is 2.68. The van der Waals surface area contributed by atoms with Crippen LogP contribution in [0.25, 0.3) is 16.6 Å². The molecule has 3 rings (SSSR count). The van der Waals surface area contributed by atoms with Crippen molar-refractivity contribution in [2.45, 2.75) is 6.92 Å². The van der Waals surface area contributed by atoms with Crippen molar-refractivity contribution >= 4 is 28.2 Å². The van der Waals surface area contributed by atoms with E-state index < -0.39 is 0 Å². The molecule has 0 saturated carbocycles. The number of phenols is 1. The number of hydrogen-bond donors (Lipinski definition) is 2. The average Bonchev–Trinajstić information content (AvgIpc) is 2.63. The third kappa shape index (κ3) is 1.32. The molecule has 0 fully saturated rings. The lowest BCUT2D eigenvalue weighted by atomic mass is 10.1. The minimum absolute atomic E-state index is 0.00170.